The Balaban J connectivity index is 4.66. The third kappa shape index (κ3) is 2.49. The fourth-order valence-corrected chi connectivity index (χ4v) is 0.331. The van der Waals surface area contributed by atoms with Gasteiger partial charge in [0.2, 0.25) is 4.20 Å². The normalized spacial score (nSPS) is 10.8. The van der Waals surface area contributed by atoms with E-state index in [9.17, 15) is 13.2 Å². The molecule has 0 fully saturated rings. The molecule has 0 heterocycles. The van der Waals surface area contributed by atoms with Crippen LogP contribution in [0.5, 0.6) is 0 Å². The summed E-state index contributed by atoms with van der Waals surface area (Å²) in [6.45, 7) is 0. The zero-order valence-electron chi connectivity index (χ0n) is 3.94. The first kappa shape index (κ1) is 8.47. The molecule has 0 bridgehead atoms. The van der Waals surface area contributed by atoms with Crippen molar-refractivity contribution >= 4 is 32.5 Å². The third-order valence-electron chi connectivity index (χ3n) is 0.409. The second-order valence-electron chi connectivity index (χ2n) is 1.07. The number of thiocarbonyl (C=S) groups is 1. The number of aliphatic carboxylic acids is 1. The number of hydrogen-bond acceptors (Lipinski definition) is 4. The Hall–Kier alpha value is -0.530. The molecule has 0 aliphatic rings. The first-order chi connectivity index (χ1) is 3.85. The van der Waals surface area contributed by atoms with Crippen molar-refractivity contribution in [1.29, 1.82) is 0 Å². The van der Waals surface area contributed by atoms with Gasteiger partial charge in [0.1, 0.15) is 0 Å². The van der Waals surface area contributed by atoms with E-state index in [0.29, 0.717) is 0 Å². The molecule has 9 heavy (non-hydrogen) atoms. The van der Waals surface area contributed by atoms with Gasteiger partial charge in [-0.2, -0.15) is 8.42 Å². The van der Waals surface area contributed by atoms with Gasteiger partial charge < -0.3 is 5.11 Å². The Morgan fingerprint density at radius 3 is 1.78 bits per heavy atom. The standard InChI is InChI=1S/C2H2O5S2/c3-1(4)2(8)9(5,6)7/h(H,3,4)(H,5,6,7). The van der Waals surface area contributed by atoms with Gasteiger partial charge in [-0.15, -0.1) is 0 Å². The van der Waals surface area contributed by atoms with Crippen molar-refractivity contribution in [1.82, 2.24) is 0 Å². The molecule has 0 atom stereocenters. The van der Waals surface area contributed by atoms with Gasteiger partial charge in [0.25, 0.3) is 0 Å². The fourth-order valence-electron chi connectivity index (χ4n) is 0.110. The van der Waals surface area contributed by atoms with E-state index in [-0.39, 0.29) is 0 Å². The monoisotopic (exact) mass is 170 g/mol. The van der Waals surface area contributed by atoms with Crippen molar-refractivity contribution in [3.8, 4) is 0 Å². The number of carboxylic acids is 1. The summed E-state index contributed by atoms with van der Waals surface area (Å²) < 4.78 is 26.1. The topological polar surface area (TPSA) is 91.7 Å². The first-order valence-corrected chi connectivity index (χ1v) is 3.45. The molecule has 0 saturated heterocycles. The van der Waals surface area contributed by atoms with Gasteiger partial charge in [-0.05, 0) is 0 Å². The second-order valence-corrected chi connectivity index (χ2v) is 3.09. The highest BCUT2D eigenvalue weighted by molar-refractivity contribution is 8.16. The lowest BCUT2D eigenvalue weighted by Gasteiger charge is -1.88. The summed E-state index contributed by atoms with van der Waals surface area (Å²) in [5, 5.41) is 7.84. The van der Waals surface area contributed by atoms with E-state index in [4.69, 9.17) is 9.66 Å². The number of carbonyl (C=O) groups is 1. The van der Waals surface area contributed by atoms with Crippen LogP contribution in [0.25, 0.3) is 0 Å². The molecule has 0 aromatic rings. The van der Waals surface area contributed by atoms with Crippen LogP contribution in [0.15, 0.2) is 0 Å². The SMILES string of the molecule is O=C(O)C(=S)S(=O)(=O)O. The summed E-state index contributed by atoms with van der Waals surface area (Å²) in [6.07, 6.45) is 0. The maximum absolute atomic E-state index is 9.81. The lowest BCUT2D eigenvalue weighted by Crippen LogP contribution is -2.20. The van der Waals surface area contributed by atoms with Gasteiger partial charge in [-0.25, -0.2) is 4.79 Å². The van der Waals surface area contributed by atoms with Crippen LogP contribution in [0.4, 0.5) is 0 Å². The Morgan fingerprint density at radius 2 is 1.78 bits per heavy atom. The minimum atomic E-state index is -4.67. The van der Waals surface area contributed by atoms with Crippen LogP contribution in [0.2, 0.25) is 0 Å². The van der Waals surface area contributed by atoms with Gasteiger partial charge in [0.05, 0.1) is 0 Å². The zero-order chi connectivity index (χ0) is 7.65. The van der Waals surface area contributed by atoms with Crippen molar-refractivity contribution in [3.63, 3.8) is 0 Å². The third-order valence-corrected chi connectivity index (χ3v) is 1.86. The van der Waals surface area contributed by atoms with Crippen LogP contribution < -0.4 is 0 Å². The highest BCUT2D eigenvalue weighted by atomic mass is 32.2. The summed E-state index contributed by atoms with van der Waals surface area (Å²) in [5.74, 6) is -1.83. The molecule has 0 amide bonds. The van der Waals surface area contributed by atoms with E-state index in [1.54, 1.807) is 0 Å². The van der Waals surface area contributed by atoms with Gasteiger partial charge >= 0.3 is 16.1 Å². The maximum Gasteiger partial charge on any atom is 0.361 e. The predicted octanol–water partition coefficient (Wildman–Crippen LogP) is -0.714. The molecule has 7 heteroatoms. The smallest absolute Gasteiger partial charge is 0.361 e. The molecule has 2 N–H and O–H groups in total. The maximum atomic E-state index is 9.81. The summed E-state index contributed by atoms with van der Waals surface area (Å²) in [4.78, 5) is 9.67. The minimum Gasteiger partial charge on any atom is -0.476 e. The number of hydrogen-bond donors (Lipinski definition) is 2. The summed E-state index contributed by atoms with van der Waals surface area (Å²) in [5.41, 5.74) is 0. The lowest BCUT2D eigenvalue weighted by molar-refractivity contribution is -0.128. The van der Waals surface area contributed by atoms with Crippen molar-refractivity contribution in [2.75, 3.05) is 0 Å². The molecular weight excluding hydrogens is 168 g/mol. The molecule has 0 saturated carbocycles. The van der Waals surface area contributed by atoms with E-state index in [0.717, 1.165) is 0 Å². The minimum absolute atomic E-state index is 1.39. The van der Waals surface area contributed by atoms with Crippen LogP contribution in [0, 0.1) is 0 Å². The van der Waals surface area contributed by atoms with Gasteiger partial charge in [-0.1, -0.05) is 12.2 Å². The molecule has 0 aliphatic carbocycles. The molecule has 5 nitrogen and oxygen atoms in total. The van der Waals surface area contributed by atoms with Gasteiger partial charge in [-0.3, -0.25) is 4.55 Å². The van der Waals surface area contributed by atoms with Crippen LogP contribution in [-0.2, 0) is 14.9 Å². The largest absolute Gasteiger partial charge is 0.476 e. The Labute approximate surface area is 56.0 Å². The first-order valence-electron chi connectivity index (χ1n) is 1.60. The Morgan fingerprint density at radius 1 is 1.44 bits per heavy atom. The average molecular weight is 170 g/mol. The molecule has 52 valence electrons. The van der Waals surface area contributed by atoms with Gasteiger partial charge in [0, 0.05) is 0 Å². The second kappa shape index (κ2) is 2.38. The van der Waals surface area contributed by atoms with Crippen LogP contribution in [0.3, 0.4) is 0 Å². The van der Waals surface area contributed by atoms with Crippen molar-refractivity contribution < 1.29 is 22.9 Å². The molecule has 0 aromatic carbocycles. The van der Waals surface area contributed by atoms with Crippen molar-refractivity contribution in [3.05, 3.63) is 0 Å². The van der Waals surface area contributed by atoms with E-state index in [2.05, 4.69) is 12.2 Å². The lowest BCUT2D eigenvalue weighted by atomic mass is 10.8. The highest BCUT2D eigenvalue weighted by Crippen LogP contribution is 1.87. The van der Waals surface area contributed by atoms with Crippen LogP contribution >= 0.6 is 12.2 Å². The molecule has 0 radical (unpaired) electrons. The highest BCUT2D eigenvalue weighted by Gasteiger charge is 2.20. The van der Waals surface area contributed by atoms with E-state index in [1.165, 1.54) is 0 Å². The molecule has 0 rings (SSSR count). The van der Waals surface area contributed by atoms with Gasteiger partial charge in [0.15, 0.2) is 0 Å². The number of carboxylic acid groups (broad SMARTS) is 1. The molecule has 0 aromatic heterocycles. The quantitative estimate of drug-likeness (QED) is 0.368. The zero-order valence-corrected chi connectivity index (χ0v) is 5.57. The van der Waals surface area contributed by atoms with Crippen molar-refractivity contribution in [2.45, 2.75) is 0 Å². The summed E-state index contributed by atoms with van der Waals surface area (Å²) in [6, 6.07) is 0. The van der Waals surface area contributed by atoms with E-state index in [1.807, 2.05) is 0 Å². The van der Waals surface area contributed by atoms with Crippen molar-refractivity contribution in [2.24, 2.45) is 0 Å². The Bertz CT molecular complexity index is 236. The molecule has 0 aliphatic heterocycles. The fraction of sp³-hybridized carbons (Fsp3) is 0. The average Bonchev–Trinajstić information content (AvgIpc) is 1.62. The molecule has 0 spiro atoms. The van der Waals surface area contributed by atoms with Crippen LogP contribution in [0.1, 0.15) is 0 Å². The summed E-state index contributed by atoms with van der Waals surface area (Å²) >= 11 is 3.78. The number of rotatable bonds is 0. The van der Waals surface area contributed by atoms with Crippen LogP contribution in [-0.4, -0.2) is 28.2 Å². The molecular formula is C2H2O5S2. The summed E-state index contributed by atoms with van der Waals surface area (Å²) in [7, 11) is -4.67. The molecule has 0 unspecified atom stereocenters. The van der Waals surface area contributed by atoms with E-state index >= 15 is 0 Å². The Kier molecular flexibility index (Phi) is 2.24. The van der Waals surface area contributed by atoms with E-state index < -0.39 is 20.3 Å². The predicted molar refractivity (Wildman–Crippen MR) is 31.8 cm³/mol.